The lowest BCUT2D eigenvalue weighted by Crippen LogP contribution is -2.11. The molecule has 5 rings (SSSR count). The number of thiophene rings is 1. The fraction of sp³-hybridized carbons (Fsp3) is 0.0870. The molecule has 0 saturated carbocycles. The van der Waals surface area contributed by atoms with Crippen molar-refractivity contribution in [3.8, 4) is 5.82 Å². The standard InChI is InChI=1S/C23H18N4OS.H2/c1-14-12-15(2)27(26-14)21-11-10-16-7-5-8-18(22(16)25-21)24-23(28)20-13-17-6-3-4-9-19(17)29-20;/h3-13H,1-2H3,(H,24,28);1H. The first kappa shape index (κ1) is 17.6. The molecule has 3 heterocycles. The van der Waals surface area contributed by atoms with Crippen LogP contribution in [0.4, 0.5) is 5.69 Å². The Bertz CT molecular complexity index is 1360. The van der Waals surface area contributed by atoms with E-state index in [2.05, 4.69) is 10.4 Å². The Morgan fingerprint density at radius 3 is 2.62 bits per heavy atom. The van der Waals surface area contributed by atoms with Gasteiger partial charge in [0.1, 0.15) is 0 Å². The van der Waals surface area contributed by atoms with Crippen molar-refractivity contribution < 1.29 is 6.22 Å². The van der Waals surface area contributed by atoms with Crippen LogP contribution in [0.2, 0.25) is 0 Å². The van der Waals surface area contributed by atoms with Crippen LogP contribution in [0.1, 0.15) is 22.5 Å². The van der Waals surface area contributed by atoms with E-state index in [0.29, 0.717) is 10.6 Å². The molecule has 0 fully saturated rings. The number of rotatable bonds is 3. The number of hydrogen-bond acceptors (Lipinski definition) is 4. The minimum Gasteiger partial charge on any atom is -0.319 e. The molecule has 0 saturated heterocycles. The monoisotopic (exact) mass is 400 g/mol. The van der Waals surface area contributed by atoms with Crippen LogP contribution in [0, 0.1) is 13.8 Å². The van der Waals surface area contributed by atoms with E-state index < -0.39 is 0 Å². The Balaban J connectivity index is 0.00000218. The van der Waals surface area contributed by atoms with Crippen molar-refractivity contribution in [3.63, 3.8) is 0 Å². The van der Waals surface area contributed by atoms with Crippen molar-refractivity contribution in [3.05, 3.63) is 83.0 Å². The van der Waals surface area contributed by atoms with Gasteiger partial charge in [-0.3, -0.25) is 4.79 Å². The molecule has 0 bridgehead atoms. The first-order valence-electron chi connectivity index (χ1n) is 9.32. The summed E-state index contributed by atoms with van der Waals surface area (Å²) >= 11 is 1.49. The summed E-state index contributed by atoms with van der Waals surface area (Å²) in [4.78, 5) is 18.4. The number of anilines is 1. The quantitative estimate of drug-likeness (QED) is 0.419. The van der Waals surface area contributed by atoms with Crippen LogP contribution in [0.25, 0.3) is 26.8 Å². The third-order valence-electron chi connectivity index (χ3n) is 4.83. The summed E-state index contributed by atoms with van der Waals surface area (Å²) in [7, 11) is 0. The number of aryl methyl sites for hydroxylation is 2. The smallest absolute Gasteiger partial charge is 0.265 e. The van der Waals surface area contributed by atoms with Crippen molar-refractivity contribution in [2.24, 2.45) is 0 Å². The van der Waals surface area contributed by atoms with Gasteiger partial charge in [0, 0.05) is 17.2 Å². The molecular formula is C23H20N4OS. The third kappa shape index (κ3) is 3.17. The molecule has 29 heavy (non-hydrogen) atoms. The Morgan fingerprint density at radius 2 is 1.83 bits per heavy atom. The maximum atomic E-state index is 12.9. The van der Waals surface area contributed by atoms with Gasteiger partial charge in [-0.15, -0.1) is 11.3 Å². The minimum atomic E-state index is -0.128. The Hall–Kier alpha value is -3.51. The number of pyridine rings is 1. The summed E-state index contributed by atoms with van der Waals surface area (Å²) in [6.45, 7) is 3.96. The zero-order valence-corrected chi connectivity index (χ0v) is 16.8. The van der Waals surface area contributed by atoms with Crippen LogP contribution in [0.5, 0.6) is 0 Å². The topological polar surface area (TPSA) is 59.8 Å². The second-order valence-electron chi connectivity index (χ2n) is 6.99. The van der Waals surface area contributed by atoms with E-state index in [0.717, 1.165) is 38.2 Å². The van der Waals surface area contributed by atoms with Gasteiger partial charge in [-0.1, -0.05) is 30.3 Å². The summed E-state index contributed by atoms with van der Waals surface area (Å²) in [5, 5.41) is 9.60. The molecule has 0 aliphatic rings. The number of carbonyl (C=O) groups excluding carboxylic acids is 1. The number of para-hydroxylation sites is 1. The van der Waals surface area contributed by atoms with E-state index in [1.54, 1.807) is 0 Å². The highest BCUT2D eigenvalue weighted by Gasteiger charge is 2.14. The predicted octanol–water partition coefficient (Wildman–Crippen LogP) is 5.75. The molecular weight excluding hydrogens is 380 g/mol. The van der Waals surface area contributed by atoms with Crippen LogP contribution >= 0.6 is 11.3 Å². The number of fused-ring (bicyclic) bond motifs is 2. The Morgan fingerprint density at radius 1 is 1.00 bits per heavy atom. The highest BCUT2D eigenvalue weighted by atomic mass is 32.1. The molecule has 0 atom stereocenters. The van der Waals surface area contributed by atoms with Gasteiger partial charge < -0.3 is 5.32 Å². The molecule has 0 radical (unpaired) electrons. The number of nitrogens with one attached hydrogen (secondary N) is 1. The van der Waals surface area contributed by atoms with Gasteiger partial charge in [0.2, 0.25) is 0 Å². The van der Waals surface area contributed by atoms with Crippen molar-refractivity contribution in [1.29, 1.82) is 0 Å². The molecule has 6 heteroatoms. The number of carbonyl (C=O) groups is 1. The molecule has 0 aliphatic heterocycles. The molecule has 144 valence electrons. The summed E-state index contributed by atoms with van der Waals surface area (Å²) in [5.74, 6) is 0.601. The summed E-state index contributed by atoms with van der Waals surface area (Å²) < 4.78 is 2.92. The second kappa shape index (κ2) is 6.83. The largest absolute Gasteiger partial charge is 0.319 e. The van der Waals surface area contributed by atoms with Gasteiger partial charge in [-0.05, 0) is 55.6 Å². The molecule has 5 aromatic rings. The average Bonchev–Trinajstić information content (AvgIpc) is 3.30. The van der Waals surface area contributed by atoms with Crippen LogP contribution in [-0.4, -0.2) is 20.7 Å². The van der Waals surface area contributed by atoms with Gasteiger partial charge >= 0.3 is 0 Å². The Kier molecular flexibility index (Phi) is 4.14. The number of hydrogen-bond donors (Lipinski definition) is 1. The fourth-order valence-electron chi connectivity index (χ4n) is 3.49. The average molecular weight is 401 g/mol. The zero-order chi connectivity index (χ0) is 20.0. The summed E-state index contributed by atoms with van der Waals surface area (Å²) in [6, 6.07) is 21.7. The number of nitrogens with zero attached hydrogens (tertiary/aromatic N) is 3. The van der Waals surface area contributed by atoms with Crippen LogP contribution in [0.15, 0.2) is 66.7 Å². The maximum Gasteiger partial charge on any atom is 0.265 e. The van der Waals surface area contributed by atoms with Crippen LogP contribution in [0.3, 0.4) is 0 Å². The lowest BCUT2D eigenvalue weighted by Gasteiger charge is -2.10. The van der Waals surface area contributed by atoms with Crippen molar-refractivity contribution >= 4 is 43.9 Å². The van der Waals surface area contributed by atoms with E-state index in [9.17, 15) is 4.79 Å². The summed E-state index contributed by atoms with van der Waals surface area (Å²) in [6.07, 6.45) is 0. The van der Waals surface area contributed by atoms with Gasteiger partial charge in [0.05, 0.1) is 21.8 Å². The minimum absolute atomic E-state index is 0. The molecule has 1 N–H and O–H groups in total. The third-order valence-corrected chi connectivity index (χ3v) is 5.94. The van der Waals surface area contributed by atoms with Crippen molar-refractivity contribution in [2.45, 2.75) is 13.8 Å². The van der Waals surface area contributed by atoms with E-state index in [-0.39, 0.29) is 7.33 Å². The first-order valence-corrected chi connectivity index (χ1v) is 10.1. The van der Waals surface area contributed by atoms with E-state index in [1.165, 1.54) is 11.3 Å². The molecule has 3 aromatic heterocycles. The Labute approximate surface area is 173 Å². The van der Waals surface area contributed by atoms with Gasteiger partial charge in [-0.2, -0.15) is 5.10 Å². The lowest BCUT2D eigenvalue weighted by atomic mass is 10.2. The molecule has 0 unspecified atom stereocenters. The molecule has 2 aromatic carbocycles. The van der Waals surface area contributed by atoms with Crippen molar-refractivity contribution in [2.75, 3.05) is 5.32 Å². The number of benzene rings is 2. The maximum absolute atomic E-state index is 12.9. The van der Waals surface area contributed by atoms with Gasteiger partial charge in [-0.25, -0.2) is 9.67 Å². The lowest BCUT2D eigenvalue weighted by molar-refractivity contribution is 0.103. The van der Waals surface area contributed by atoms with Crippen LogP contribution < -0.4 is 5.32 Å². The van der Waals surface area contributed by atoms with E-state index in [4.69, 9.17) is 4.98 Å². The van der Waals surface area contributed by atoms with E-state index in [1.807, 2.05) is 85.3 Å². The highest BCUT2D eigenvalue weighted by molar-refractivity contribution is 7.20. The predicted molar refractivity (Wildman–Crippen MR) is 120 cm³/mol. The SMILES string of the molecule is Cc1cc(C)n(-c2ccc3cccc(NC(=O)c4cc5ccccc5s4)c3n2)n1.[HH]. The number of aromatic nitrogens is 3. The highest BCUT2D eigenvalue weighted by Crippen LogP contribution is 2.28. The second-order valence-corrected chi connectivity index (χ2v) is 8.07. The van der Waals surface area contributed by atoms with E-state index >= 15 is 0 Å². The molecule has 0 aliphatic carbocycles. The van der Waals surface area contributed by atoms with Gasteiger partial charge in [0.25, 0.3) is 5.91 Å². The fourth-order valence-corrected chi connectivity index (χ4v) is 4.45. The molecule has 5 nitrogen and oxygen atoms in total. The first-order chi connectivity index (χ1) is 14.1. The molecule has 0 spiro atoms. The number of amides is 1. The van der Waals surface area contributed by atoms with Crippen LogP contribution in [-0.2, 0) is 0 Å². The summed E-state index contributed by atoms with van der Waals surface area (Å²) in [5.41, 5.74) is 3.39. The normalized spacial score (nSPS) is 11.2. The van der Waals surface area contributed by atoms with Gasteiger partial charge in [0.15, 0.2) is 5.82 Å². The van der Waals surface area contributed by atoms with Crippen molar-refractivity contribution in [1.82, 2.24) is 14.8 Å². The zero-order valence-electron chi connectivity index (χ0n) is 16.0. The molecule has 1 amide bonds.